The minimum absolute atomic E-state index is 0.0842. The Labute approximate surface area is 157 Å². The molecule has 0 aliphatic carbocycles. The van der Waals surface area contributed by atoms with E-state index < -0.39 is 0 Å². The second-order valence-corrected chi connectivity index (χ2v) is 8.79. The van der Waals surface area contributed by atoms with Gasteiger partial charge in [-0.15, -0.1) is 0 Å². The Hall–Kier alpha value is -2.05. The molecule has 1 saturated heterocycles. The van der Waals surface area contributed by atoms with Crippen molar-refractivity contribution in [1.29, 1.82) is 0 Å². The molecule has 2 aromatic heterocycles. The van der Waals surface area contributed by atoms with Gasteiger partial charge in [-0.1, -0.05) is 62.4 Å². The molecule has 1 fully saturated rings. The summed E-state index contributed by atoms with van der Waals surface area (Å²) >= 11 is 1.50. The van der Waals surface area contributed by atoms with Crippen LogP contribution in [0.1, 0.15) is 43.0 Å². The van der Waals surface area contributed by atoms with Gasteiger partial charge in [-0.3, -0.25) is 9.69 Å². The number of benzene rings is 1. The Kier molecular flexibility index (Phi) is 4.40. The van der Waals surface area contributed by atoms with Crippen LogP contribution in [0.3, 0.4) is 0 Å². The lowest BCUT2D eigenvalue weighted by atomic mass is 9.78. The number of likely N-dealkylation sites (tertiary alicyclic amines) is 1. The monoisotopic (exact) mass is 368 g/mol. The predicted octanol–water partition coefficient (Wildman–Crippen LogP) is 3.34. The number of nitrogens with zero attached hydrogens (tertiary/aromatic N) is 4. The van der Waals surface area contributed by atoms with Crippen molar-refractivity contribution in [3.63, 3.8) is 0 Å². The van der Waals surface area contributed by atoms with Gasteiger partial charge >= 0.3 is 0 Å². The van der Waals surface area contributed by atoms with Crippen molar-refractivity contribution in [2.24, 2.45) is 5.41 Å². The van der Waals surface area contributed by atoms with Crippen LogP contribution in [0.5, 0.6) is 0 Å². The molecule has 1 aliphatic rings. The van der Waals surface area contributed by atoms with E-state index in [-0.39, 0.29) is 11.0 Å². The summed E-state index contributed by atoms with van der Waals surface area (Å²) in [6.45, 7) is 9.38. The van der Waals surface area contributed by atoms with E-state index in [0.717, 1.165) is 30.2 Å². The van der Waals surface area contributed by atoms with Crippen molar-refractivity contribution in [2.45, 2.75) is 39.7 Å². The standard InChI is InChI=1S/C20H24N4OS/c1-4-17-22-24-18(25)10-15(21-19(24)26-17)11-23-12-16(20(2,3)13-23)14-8-6-5-7-9-14/h5-10,16H,4,11-13H2,1-3H3/t16-/m0/s1. The first-order valence-corrected chi connectivity index (χ1v) is 9.94. The highest BCUT2D eigenvalue weighted by Gasteiger charge is 2.40. The summed E-state index contributed by atoms with van der Waals surface area (Å²) in [6.07, 6.45) is 0.821. The molecule has 3 aromatic rings. The Balaban J connectivity index is 1.58. The minimum Gasteiger partial charge on any atom is -0.296 e. The van der Waals surface area contributed by atoms with Crippen molar-refractivity contribution in [3.8, 4) is 0 Å². The lowest BCUT2D eigenvalue weighted by molar-refractivity contribution is 0.279. The SMILES string of the molecule is CCc1nn2c(=O)cc(CN3C[C@@H](c4ccccc4)C(C)(C)C3)nc2s1. The van der Waals surface area contributed by atoms with Crippen LogP contribution < -0.4 is 5.56 Å². The van der Waals surface area contributed by atoms with E-state index in [1.807, 2.05) is 6.92 Å². The van der Waals surface area contributed by atoms with E-state index in [1.165, 1.54) is 21.4 Å². The van der Waals surface area contributed by atoms with Crippen LogP contribution >= 0.6 is 11.3 Å². The number of aromatic nitrogens is 3. The third-order valence-corrected chi connectivity index (χ3v) is 6.30. The molecule has 0 amide bonds. The largest absolute Gasteiger partial charge is 0.296 e. The van der Waals surface area contributed by atoms with Crippen molar-refractivity contribution in [2.75, 3.05) is 13.1 Å². The molecule has 0 unspecified atom stereocenters. The third-order valence-electron chi connectivity index (χ3n) is 5.25. The maximum atomic E-state index is 12.4. The van der Waals surface area contributed by atoms with Crippen molar-refractivity contribution in [3.05, 3.63) is 63.0 Å². The molecule has 0 spiro atoms. The molecule has 0 radical (unpaired) electrons. The molecule has 136 valence electrons. The van der Waals surface area contributed by atoms with Crippen LogP contribution in [0.25, 0.3) is 4.96 Å². The first kappa shape index (κ1) is 17.4. The molecular weight excluding hydrogens is 344 g/mol. The van der Waals surface area contributed by atoms with Crippen LogP contribution in [-0.4, -0.2) is 32.6 Å². The summed E-state index contributed by atoms with van der Waals surface area (Å²) in [7, 11) is 0. The zero-order valence-electron chi connectivity index (χ0n) is 15.5. The molecule has 4 rings (SSSR count). The maximum Gasteiger partial charge on any atom is 0.275 e. The van der Waals surface area contributed by atoms with Gasteiger partial charge in [0, 0.05) is 31.6 Å². The van der Waals surface area contributed by atoms with E-state index >= 15 is 0 Å². The van der Waals surface area contributed by atoms with Gasteiger partial charge in [0.25, 0.3) is 5.56 Å². The molecule has 0 saturated carbocycles. The first-order chi connectivity index (χ1) is 12.5. The second kappa shape index (κ2) is 6.59. The Morgan fingerprint density at radius 3 is 2.77 bits per heavy atom. The summed E-state index contributed by atoms with van der Waals surface area (Å²) in [5.41, 5.74) is 2.34. The van der Waals surface area contributed by atoms with Crippen LogP contribution in [-0.2, 0) is 13.0 Å². The minimum atomic E-state index is -0.0842. The number of hydrogen-bond acceptors (Lipinski definition) is 5. The summed E-state index contributed by atoms with van der Waals surface area (Å²) in [5.74, 6) is 0.489. The average molecular weight is 369 g/mol. The quantitative estimate of drug-likeness (QED) is 0.709. The predicted molar refractivity (Wildman–Crippen MR) is 105 cm³/mol. The Morgan fingerprint density at radius 1 is 1.27 bits per heavy atom. The lowest BCUT2D eigenvalue weighted by Gasteiger charge is -2.26. The van der Waals surface area contributed by atoms with Gasteiger partial charge in [-0.25, -0.2) is 4.98 Å². The average Bonchev–Trinajstić information content (AvgIpc) is 3.16. The van der Waals surface area contributed by atoms with Gasteiger partial charge < -0.3 is 0 Å². The van der Waals surface area contributed by atoms with Crippen molar-refractivity contribution < 1.29 is 0 Å². The molecule has 0 bridgehead atoms. The Morgan fingerprint density at radius 2 is 2.04 bits per heavy atom. The maximum absolute atomic E-state index is 12.4. The molecule has 26 heavy (non-hydrogen) atoms. The van der Waals surface area contributed by atoms with E-state index in [2.05, 4.69) is 54.2 Å². The molecule has 1 aromatic carbocycles. The molecule has 3 heterocycles. The van der Waals surface area contributed by atoms with E-state index in [4.69, 9.17) is 4.98 Å². The first-order valence-electron chi connectivity index (χ1n) is 9.12. The second-order valence-electron chi connectivity index (χ2n) is 7.75. The van der Waals surface area contributed by atoms with Crippen LogP contribution in [0.15, 0.2) is 41.2 Å². The highest BCUT2D eigenvalue weighted by atomic mass is 32.1. The fraction of sp³-hybridized carbons (Fsp3) is 0.450. The van der Waals surface area contributed by atoms with Crippen LogP contribution in [0.2, 0.25) is 0 Å². The van der Waals surface area contributed by atoms with Gasteiger partial charge in [0.1, 0.15) is 5.01 Å². The molecule has 5 nitrogen and oxygen atoms in total. The summed E-state index contributed by atoms with van der Waals surface area (Å²) < 4.78 is 1.42. The van der Waals surface area contributed by atoms with Gasteiger partial charge in [-0.2, -0.15) is 9.61 Å². The fourth-order valence-electron chi connectivity index (χ4n) is 3.97. The molecule has 1 aliphatic heterocycles. The topological polar surface area (TPSA) is 50.5 Å². The number of aryl methyl sites for hydroxylation is 1. The van der Waals surface area contributed by atoms with Crippen molar-refractivity contribution in [1.82, 2.24) is 19.5 Å². The summed E-state index contributed by atoms with van der Waals surface area (Å²) in [4.78, 5) is 20.2. The lowest BCUT2D eigenvalue weighted by Crippen LogP contribution is -2.25. The van der Waals surface area contributed by atoms with Gasteiger partial charge in [0.15, 0.2) is 0 Å². The van der Waals surface area contributed by atoms with E-state index in [1.54, 1.807) is 6.07 Å². The number of rotatable bonds is 4. The summed E-state index contributed by atoms with van der Waals surface area (Å²) in [5, 5.41) is 5.27. The van der Waals surface area contributed by atoms with E-state index in [9.17, 15) is 4.79 Å². The highest BCUT2D eigenvalue weighted by molar-refractivity contribution is 7.16. The zero-order valence-corrected chi connectivity index (χ0v) is 16.3. The number of hydrogen-bond donors (Lipinski definition) is 0. The normalized spacial score (nSPS) is 20.0. The van der Waals surface area contributed by atoms with Crippen molar-refractivity contribution >= 4 is 16.3 Å². The van der Waals surface area contributed by atoms with E-state index in [0.29, 0.717) is 17.4 Å². The Bertz CT molecular complexity index is 976. The highest BCUT2D eigenvalue weighted by Crippen LogP contribution is 2.42. The zero-order chi connectivity index (χ0) is 18.3. The van der Waals surface area contributed by atoms with Gasteiger partial charge in [0.2, 0.25) is 4.96 Å². The molecule has 6 heteroatoms. The van der Waals surface area contributed by atoms with Crippen LogP contribution in [0.4, 0.5) is 0 Å². The third kappa shape index (κ3) is 3.19. The van der Waals surface area contributed by atoms with Gasteiger partial charge in [-0.05, 0) is 17.4 Å². The van der Waals surface area contributed by atoms with Gasteiger partial charge in [0.05, 0.1) is 5.69 Å². The molecule has 1 atom stereocenters. The fourth-order valence-corrected chi connectivity index (χ4v) is 4.83. The molecular formula is C20H24N4OS. The van der Waals surface area contributed by atoms with Crippen LogP contribution in [0, 0.1) is 5.41 Å². The number of fused-ring (bicyclic) bond motifs is 1. The molecule has 0 N–H and O–H groups in total. The summed E-state index contributed by atoms with van der Waals surface area (Å²) in [6, 6.07) is 12.4. The smallest absolute Gasteiger partial charge is 0.275 e.